The van der Waals surface area contributed by atoms with Crippen LogP contribution < -0.4 is 5.32 Å². The lowest BCUT2D eigenvalue weighted by Gasteiger charge is -2.11. The third-order valence-electron chi connectivity index (χ3n) is 2.51. The second kappa shape index (κ2) is 6.38. The predicted octanol–water partition coefficient (Wildman–Crippen LogP) is 4.44. The summed E-state index contributed by atoms with van der Waals surface area (Å²) in [7, 11) is 0. The van der Waals surface area contributed by atoms with E-state index in [4.69, 9.17) is 5.11 Å². The molecule has 2 aromatic carbocycles. The van der Waals surface area contributed by atoms with E-state index in [-0.39, 0.29) is 5.56 Å². The van der Waals surface area contributed by atoms with Crippen LogP contribution in [0.3, 0.4) is 0 Å². The van der Waals surface area contributed by atoms with Gasteiger partial charge in [0.15, 0.2) is 0 Å². The van der Waals surface area contributed by atoms with Gasteiger partial charge < -0.3 is 10.4 Å². The number of rotatable bonds is 5. The summed E-state index contributed by atoms with van der Waals surface area (Å²) in [4.78, 5) is 11.2. The molecule has 104 valence electrons. The van der Waals surface area contributed by atoms with Gasteiger partial charge >= 0.3 is 5.97 Å². The molecule has 0 bridgehead atoms. The lowest BCUT2D eigenvalue weighted by molar-refractivity contribution is 0.0697. The zero-order chi connectivity index (χ0) is 14.5. The average Bonchev–Trinajstić information content (AvgIpc) is 2.41. The van der Waals surface area contributed by atoms with E-state index < -0.39 is 11.7 Å². The Kier molecular flexibility index (Phi) is 4.57. The van der Waals surface area contributed by atoms with Gasteiger partial charge in [-0.05, 0) is 36.4 Å². The molecule has 0 unspecified atom stereocenters. The number of alkyl halides is 2. The molecule has 0 amide bonds. The highest BCUT2D eigenvalue weighted by molar-refractivity contribution is 7.99. The summed E-state index contributed by atoms with van der Waals surface area (Å²) in [6.07, 6.45) is 0. The molecular formula is C14H11F2NO2S. The summed E-state index contributed by atoms with van der Waals surface area (Å²) in [5.74, 6) is -3.50. The minimum absolute atomic E-state index is 0.172. The van der Waals surface area contributed by atoms with Crippen LogP contribution in [0.25, 0.3) is 0 Å². The molecule has 20 heavy (non-hydrogen) atoms. The predicted molar refractivity (Wildman–Crippen MR) is 75.0 cm³/mol. The number of hydrogen-bond donors (Lipinski definition) is 2. The van der Waals surface area contributed by atoms with Crippen LogP contribution in [0.4, 0.5) is 20.2 Å². The Balaban J connectivity index is 2.19. The van der Waals surface area contributed by atoms with Gasteiger partial charge in [0.2, 0.25) is 0 Å². The minimum Gasteiger partial charge on any atom is -0.478 e. The number of anilines is 2. The van der Waals surface area contributed by atoms with Crippen LogP contribution >= 0.6 is 11.8 Å². The summed E-state index contributed by atoms with van der Waals surface area (Å²) in [5.41, 5.74) is 1.36. The van der Waals surface area contributed by atoms with Crippen LogP contribution in [0.5, 0.6) is 0 Å². The van der Waals surface area contributed by atoms with Crippen molar-refractivity contribution in [2.75, 3.05) is 5.32 Å². The van der Waals surface area contributed by atoms with Crippen molar-refractivity contribution in [3.63, 3.8) is 0 Å². The Hall–Kier alpha value is -2.08. The Morgan fingerprint density at radius 1 is 1.10 bits per heavy atom. The van der Waals surface area contributed by atoms with Crippen molar-refractivity contribution in [3.05, 3.63) is 54.1 Å². The molecule has 2 rings (SSSR count). The molecule has 0 aromatic heterocycles. The Morgan fingerprint density at radius 3 is 2.35 bits per heavy atom. The van der Waals surface area contributed by atoms with Crippen LogP contribution in [0.2, 0.25) is 0 Å². The zero-order valence-corrected chi connectivity index (χ0v) is 11.0. The first-order valence-electron chi connectivity index (χ1n) is 5.70. The quantitative estimate of drug-likeness (QED) is 0.800. The lowest BCUT2D eigenvalue weighted by atomic mass is 10.2. The standard InChI is InChI=1S/C14H11F2NO2S/c15-14(16)20-12-4-2-1-3-11(12)17-10-7-5-9(6-8-10)13(18)19/h1-8,14,17H,(H,18,19). The third kappa shape index (κ3) is 3.71. The van der Waals surface area contributed by atoms with Crippen molar-refractivity contribution >= 4 is 29.1 Å². The molecular weight excluding hydrogens is 284 g/mol. The topological polar surface area (TPSA) is 49.3 Å². The van der Waals surface area contributed by atoms with Gasteiger partial charge in [-0.15, -0.1) is 0 Å². The molecule has 0 fully saturated rings. The van der Waals surface area contributed by atoms with Gasteiger partial charge in [0.1, 0.15) is 0 Å². The summed E-state index contributed by atoms with van der Waals surface area (Å²) < 4.78 is 24.9. The molecule has 0 saturated heterocycles. The van der Waals surface area contributed by atoms with Gasteiger partial charge in [0, 0.05) is 10.6 Å². The van der Waals surface area contributed by atoms with Gasteiger partial charge in [-0.2, -0.15) is 8.78 Å². The monoisotopic (exact) mass is 295 g/mol. The largest absolute Gasteiger partial charge is 0.478 e. The van der Waals surface area contributed by atoms with Crippen molar-refractivity contribution in [1.82, 2.24) is 0 Å². The Labute approximate surface area is 118 Å². The highest BCUT2D eigenvalue weighted by Crippen LogP contribution is 2.33. The second-order valence-corrected chi connectivity index (χ2v) is 4.91. The maximum Gasteiger partial charge on any atom is 0.335 e. The molecule has 0 aliphatic rings. The maximum absolute atomic E-state index is 12.5. The number of thioether (sulfide) groups is 1. The first kappa shape index (κ1) is 14.3. The number of benzene rings is 2. The van der Waals surface area contributed by atoms with Crippen LogP contribution in [0.1, 0.15) is 10.4 Å². The minimum atomic E-state index is -2.49. The van der Waals surface area contributed by atoms with Gasteiger partial charge in [0.25, 0.3) is 5.76 Å². The molecule has 2 aromatic rings. The van der Waals surface area contributed by atoms with E-state index in [1.54, 1.807) is 36.4 Å². The molecule has 0 aliphatic heterocycles. The van der Waals surface area contributed by atoms with Crippen LogP contribution in [-0.4, -0.2) is 16.8 Å². The second-order valence-electron chi connectivity index (χ2n) is 3.88. The van der Waals surface area contributed by atoms with Crippen molar-refractivity contribution in [1.29, 1.82) is 0 Å². The molecule has 0 saturated carbocycles. The van der Waals surface area contributed by atoms with Crippen LogP contribution in [0, 0.1) is 0 Å². The van der Waals surface area contributed by atoms with Gasteiger partial charge in [0.05, 0.1) is 11.3 Å². The van der Waals surface area contributed by atoms with E-state index in [9.17, 15) is 13.6 Å². The smallest absolute Gasteiger partial charge is 0.335 e. The highest BCUT2D eigenvalue weighted by atomic mass is 32.2. The number of carboxylic acids is 1. The summed E-state index contributed by atoms with van der Waals surface area (Å²) in [5, 5.41) is 11.8. The average molecular weight is 295 g/mol. The Morgan fingerprint density at radius 2 is 1.75 bits per heavy atom. The molecule has 0 spiro atoms. The van der Waals surface area contributed by atoms with E-state index in [0.717, 1.165) is 0 Å². The number of hydrogen-bond acceptors (Lipinski definition) is 3. The molecule has 0 atom stereocenters. The SMILES string of the molecule is O=C(O)c1ccc(Nc2ccccc2SC(F)F)cc1. The van der Waals surface area contributed by atoms with E-state index >= 15 is 0 Å². The summed E-state index contributed by atoms with van der Waals surface area (Å²) in [6, 6.07) is 12.8. The maximum atomic E-state index is 12.5. The number of aromatic carboxylic acids is 1. The molecule has 2 N–H and O–H groups in total. The summed E-state index contributed by atoms with van der Waals surface area (Å²) >= 11 is 0.462. The number of nitrogens with one attached hydrogen (secondary N) is 1. The van der Waals surface area contributed by atoms with Crippen molar-refractivity contribution in [2.45, 2.75) is 10.7 Å². The van der Waals surface area contributed by atoms with E-state index in [1.165, 1.54) is 12.1 Å². The first-order chi connectivity index (χ1) is 9.56. The van der Waals surface area contributed by atoms with Gasteiger partial charge in [-0.1, -0.05) is 23.9 Å². The highest BCUT2D eigenvalue weighted by Gasteiger charge is 2.10. The van der Waals surface area contributed by atoms with Crippen molar-refractivity contribution < 1.29 is 18.7 Å². The fraction of sp³-hybridized carbons (Fsp3) is 0.0714. The van der Waals surface area contributed by atoms with Crippen molar-refractivity contribution in [2.24, 2.45) is 0 Å². The lowest BCUT2D eigenvalue weighted by Crippen LogP contribution is -1.97. The van der Waals surface area contributed by atoms with Crippen LogP contribution in [0.15, 0.2) is 53.4 Å². The first-order valence-corrected chi connectivity index (χ1v) is 6.58. The van der Waals surface area contributed by atoms with Gasteiger partial charge in [-0.3, -0.25) is 0 Å². The molecule has 0 aliphatic carbocycles. The molecule has 0 radical (unpaired) electrons. The molecule has 6 heteroatoms. The van der Waals surface area contributed by atoms with Gasteiger partial charge in [-0.25, -0.2) is 4.79 Å². The van der Waals surface area contributed by atoms with Crippen LogP contribution in [-0.2, 0) is 0 Å². The van der Waals surface area contributed by atoms with Crippen molar-refractivity contribution in [3.8, 4) is 0 Å². The number of carbonyl (C=O) groups is 1. The number of para-hydroxylation sites is 1. The van der Waals surface area contributed by atoms with E-state index in [0.29, 0.717) is 28.0 Å². The third-order valence-corrected chi connectivity index (χ3v) is 3.30. The van der Waals surface area contributed by atoms with E-state index in [1.807, 2.05) is 0 Å². The Bertz CT molecular complexity index is 602. The number of carboxylic acid groups (broad SMARTS) is 1. The fourth-order valence-electron chi connectivity index (χ4n) is 1.62. The summed E-state index contributed by atoms with van der Waals surface area (Å²) in [6.45, 7) is 0. The number of halogens is 2. The zero-order valence-electron chi connectivity index (χ0n) is 10.2. The molecule has 0 heterocycles. The fourth-order valence-corrected chi connectivity index (χ4v) is 2.22. The normalized spacial score (nSPS) is 10.6. The molecule has 3 nitrogen and oxygen atoms in total. The van der Waals surface area contributed by atoms with E-state index in [2.05, 4.69) is 5.32 Å².